The van der Waals surface area contributed by atoms with Crippen LogP contribution in [0.15, 0.2) is 0 Å². The van der Waals surface area contributed by atoms with Crippen LogP contribution in [0, 0.1) is 0 Å². The monoisotopic (exact) mass is 608 g/mol. The molecule has 0 heterocycles. The molecule has 0 spiro atoms. The van der Waals surface area contributed by atoms with Gasteiger partial charge in [0.1, 0.15) is 0 Å². The summed E-state index contributed by atoms with van der Waals surface area (Å²) < 4.78 is 68.0. The molecule has 0 aromatic heterocycles. The van der Waals surface area contributed by atoms with Crippen LogP contribution in [-0.2, 0) is 113 Å². The molecule has 0 bridgehead atoms. The van der Waals surface area contributed by atoms with E-state index in [9.17, 15) is 0 Å². The second-order valence-electron chi connectivity index (χ2n) is 4.71. The van der Waals surface area contributed by atoms with Crippen LogP contribution < -0.4 is 14.8 Å². The summed E-state index contributed by atoms with van der Waals surface area (Å²) >= 11 is -8.00. The average molecular weight is 608 g/mol. The van der Waals surface area contributed by atoms with Crippen LogP contribution in [0.2, 0.25) is 0 Å². The van der Waals surface area contributed by atoms with E-state index in [1.807, 2.05) is 0 Å². The normalized spacial score (nSPS) is 6.21. The number of aliphatic hydroxyl groups excluding tert-OH is 4. The fourth-order valence-electron chi connectivity index (χ4n) is 0. The molecule has 29 heavy (non-hydrogen) atoms. The largest absolute Gasteiger partial charge is 4.00 e. The van der Waals surface area contributed by atoms with Crippen molar-refractivity contribution in [3.63, 3.8) is 0 Å². The Morgan fingerprint density at radius 1 is 0.448 bits per heavy atom. The first-order valence-corrected chi connectivity index (χ1v) is 12.4. The van der Waals surface area contributed by atoms with Gasteiger partial charge in [-0.2, -0.15) is 0 Å². The predicted molar refractivity (Wildman–Crippen MR) is 72.2 cm³/mol. The Balaban J connectivity index is -0.0000000225. The van der Waals surface area contributed by atoms with Crippen molar-refractivity contribution in [1.82, 2.24) is 0 Å². The number of hydrogen-bond donors (Lipinski definition) is 4. The quantitative estimate of drug-likeness (QED) is 0.195. The van der Waals surface area contributed by atoms with Gasteiger partial charge in [-0.15, -0.1) is 0 Å². The van der Waals surface area contributed by atoms with Crippen molar-refractivity contribution in [2.24, 2.45) is 0 Å². The topological polar surface area (TPSA) is 241 Å². The van der Waals surface area contributed by atoms with Crippen molar-refractivity contribution < 1.29 is 148 Å². The van der Waals surface area contributed by atoms with E-state index < -0.39 is 78.0 Å². The van der Waals surface area contributed by atoms with Crippen molar-refractivity contribution in [3.8, 4) is 0 Å². The molecule has 0 radical (unpaired) electrons. The van der Waals surface area contributed by atoms with Gasteiger partial charge in [0, 0.05) is 24.4 Å². The fourth-order valence-corrected chi connectivity index (χ4v) is 0. The molecule has 12 nitrogen and oxygen atoms in total. The summed E-state index contributed by atoms with van der Waals surface area (Å²) in [5.74, 6) is 0. The molecular formula is C12H32O12Ti5. The molecular weight excluding hydrogens is 575 g/mol. The molecule has 0 aromatic rings. The van der Waals surface area contributed by atoms with Crippen LogP contribution >= 0.6 is 0 Å². The third-order valence-corrected chi connectivity index (χ3v) is 0. The standard InChI is InChI=1S/4C3H8O.8O.5Ti/c4*1-3(2)4;;;;;;;;;;;;;/h4*3-4H,1-2H3;;;;;;;;;;;;;/q;;;;;;;;4*-1;;;;;+4. The molecule has 0 amide bonds. The first kappa shape index (κ1) is 57.9. The summed E-state index contributed by atoms with van der Waals surface area (Å²) in [5.41, 5.74) is 0. The summed E-state index contributed by atoms with van der Waals surface area (Å²) in [6.45, 7) is 13.8. The maximum Gasteiger partial charge on any atom is 4.00 e. The molecule has 172 valence electrons. The molecule has 0 unspecified atom stereocenters. The maximum atomic E-state index is 8.50. The molecule has 0 aliphatic carbocycles. The van der Waals surface area contributed by atoms with Crippen LogP contribution in [0.3, 0.4) is 0 Å². The molecule has 0 saturated carbocycles. The van der Waals surface area contributed by atoms with Crippen molar-refractivity contribution in [1.29, 1.82) is 0 Å². The summed E-state index contributed by atoms with van der Waals surface area (Å²) in [6, 6.07) is 0. The fraction of sp³-hybridized carbons (Fsp3) is 1.00. The zero-order valence-electron chi connectivity index (χ0n) is 17.9. The van der Waals surface area contributed by atoms with Gasteiger partial charge in [-0.1, -0.05) is 0 Å². The first-order valence-electron chi connectivity index (χ1n) is 7.28. The van der Waals surface area contributed by atoms with Gasteiger partial charge >= 0.3 is 128 Å². The van der Waals surface area contributed by atoms with Gasteiger partial charge in [-0.3, -0.25) is 0 Å². The Hall–Kier alpha value is 2.45. The van der Waals surface area contributed by atoms with Gasteiger partial charge < -0.3 is 20.4 Å². The first-order chi connectivity index (χ1) is 12.6. The summed E-state index contributed by atoms with van der Waals surface area (Å²) in [7, 11) is 0. The van der Waals surface area contributed by atoms with Gasteiger partial charge in [0.2, 0.25) is 0 Å². The smallest absolute Gasteiger partial charge is 4.00 e. The Labute approximate surface area is 225 Å². The van der Waals surface area contributed by atoms with Crippen LogP contribution in [0.25, 0.3) is 0 Å². The van der Waals surface area contributed by atoms with E-state index in [0.29, 0.717) is 0 Å². The van der Waals surface area contributed by atoms with E-state index in [1.54, 1.807) is 55.4 Å². The van der Waals surface area contributed by atoms with Gasteiger partial charge in [-0.05, 0) is 55.4 Å². The van der Waals surface area contributed by atoms with E-state index in [-0.39, 0.29) is 46.1 Å². The van der Waals surface area contributed by atoms with Gasteiger partial charge in [-0.25, -0.2) is 0 Å². The molecule has 0 fully saturated rings. The Bertz CT molecular complexity index is 188. The average Bonchev–Trinajstić information content (AvgIpc) is 2.38. The van der Waals surface area contributed by atoms with Crippen LogP contribution in [-0.4, -0.2) is 44.8 Å². The molecule has 4 N–H and O–H groups in total. The maximum absolute atomic E-state index is 8.50. The summed E-state index contributed by atoms with van der Waals surface area (Å²) in [5, 5.41) is 32.2. The number of rotatable bonds is 0. The van der Waals surface area contributed by atoms with Crippen molar-refractivity contribution in [3.05, 3.63) is 0 Å². The van der Waals surface area contributed by atoms with Crippen LogP contribution in [0.1, 0.15) is 55.4 Å². The van der Waals surface area contributed by atoms with Crippen LogP contribution in [0.5, 0.6) is 0 Å². The van der Waals surface area contributed by atoms with Gasteiger partial charge in [0.05, 0.1) is 0 Å². The third kappa shape index (κ3) is 4100. The Morgan fingerprint density at radius 3 is 0.448 bits per heavy atom. The Morgan fingerprint density at radius 2 is 0.448 bits per heavy atom. The third-order valence-electron chi connectivity index (χ3n) is 0. The van der Waals surface area contributed by atoms with Crippen molar-refractivity contribution >= 4 is 0 Å². The minimum Gasteiger partial charge on any atom is 4.00 e. The van der Waals surface area contributed by atoms with Gasteiger partial charge in [0.25, 0.3) is 0 Å². The predicted octanol–water partition coefficient (Wildman–Crippen LogP) is -3.70. The summed E-state index contributed by atoms with van der Waals surface area (Å²) in [6.07, 6.45) is -0.667. The van der Waals surface area contributed by atoms with Crippen LogP contribution in [0.4, 0.5) is 0 Å². The molecule has 0 rings (SSSR count). The molecule has 0 saturated heterocycles. The summed E-state index contributed by atoms with van der Waals surface area (Å²) in [4.78, 5) is 0. The minimum absolute atomic E-state index is 0. The van der Waals surface area contributed by atoms with E-state index in [2.05, 4.69) is 0 Å². The second kappa shape index (κ2) is 77.6. The molecule has 0 aromatic carbocycles. The molecule has 0 aliphatic rings. The van der Waals surface area contributed by atoms with E-state index >= 15 is 0 Å². The molecule has 17 heteroatoms. The van der Waals surface area contributed by atoms with E-state index in [4.69, 9.17) is 48.5 Å². The zero-order chi connectivity index (χ0) is 25.1. The number of hydrogen-bond acceptors (Lipinski definition) is 12. The Kier molecular flexibility index (Phi) is 155. The van der Waals surface area contributed by atoms with Crippen molar-refractivity contribution in [2.45, 2.75) is 79.8 Å². The van der Waals surface area contributed by atoms with E-state index in [1.165, 1.54) is 0 Å². The molecule has 0 aliphatic heterocycles. The second-order valence-corrected chi connectivity index (χ2v) is 5.75. The van der Waals surface area contributed by atoms with Gasteiger partial charge in [0.15, 0.2) is 0 Å². The minimum atomic E-state index is -2.00. The van der Waals surface area contributed by atoms with E-state index in [0.717, 1.165) is 0 Å². The van der Waals surface area contributed by atoms with Crippen molar-refractivity contribution in [2.75, 3.05) is 0 Å². The number of aliphatic hydroxyl groups is 4. The zero-order valence-corrected chi connectivity index (χ0v) is 25.7. The SMILES string of the molecule is CC(C)O.CC(C)O.CC(C)O.CC(C)O.[O]=[Ti][O-].[O]=[Ti][O-].[O]=[Ti][O-].[O]=[Ti][O-].[Ti+4]. The molecule has 0 atom stereocenters.